The third-order valence-electron chi connectivity index (χ3n) is 2.95. The molecule has 0 radical (unpaired) electrons. The van der Waals surface area contributed by atoms with Gasteiger partial charge < -0.3 is 4.74 Å². The van der Waals surface area contributed by atoms with E-state index in [1.807, 2.05) is 6.07 Å². The van der Waals surface area contributed by atoms with Gasteiger partial charge in [-0.05, 0) is 37.1 Å². The lowest BCUT2D eigenvalue weighted by atomic mass is 10.1. The molecule has 0 spiro atoms. The van der Waals surface area contributed by atoms with Gasteiger partial charge >= 0.3 is 5.97 Å². The summed E-state index contributed by atoms with van der Waals surface area (Å²) in [6.45, 7) is 2.09. The molecule has 1 heterocycles. The lowest BCUT2D eigenvalue weighted by molar-refractivity contribution is -0.143. The number of hydrogen-bond donors (Lipinski definition) is 1. The van der Waals surface area contributed by atoms with Gasteiger partial charge in [0.15, 0.2) is 0 Å². The Morgan fingerprint density at radius 1 is 1.62 bits per heavy atom. The van der Waals surface area contributed by atoms with E-state index in [4.69, 9.17) is 4.74 Å². The van der Waals surface area contributed by atoms with Crippen LogP contribution in [0.15, 0.2) is 17.5 Å². The van der Waals surface area contributed by atoms with Crippen molar-refractivity contribution in [2.24, 2.45) is 5.92 Å². The molecular formula is C12H17NO2S. The highest BCUT2D eigenvalue weighted by Gasteiger charge is 2.37. The van der Waals surface area contributed by atoms with Gasteiger partial charge in [0.05, 0.1) is 7.11 Å². The number of carbonyl (C=O) groups excluding carboxylic acids is 1. The van der Waals surface area contributed by atoms with Gasteiger partial charge in [0.1, 0.15) is 6.04 Å². The zero-order chi connectivity index (χ0) is 11.5. The van der Waals surface area contributed by atoms with Gasteiger partial charge in [-0.15, -0.1) is 11.3 Å². The molecule has 1 aliphatic rings. The molecule has 0 aromatic carbocycles. The van der Waals surface area contributed by atoms with Gasteiger partial charge in [0.2, 0.25) is 0 Å². The van der Waals surface area contributed by atoms with E-state index in [2.05, 4.69) is 23.7 Å². The van der Waals surface area contributed by atoms with Crippen LogP contribution in [0.25, 0.3) is 0 Å². The summed E-state index contributed by atoms with van der Waals surface area (Å²) in [4.78, 5) is 12.9. The minimum Gasteiger partial charge on any atom is -0.468 e. The second-order valence-corrected chi connectivity index (χ2v) is 5.22. The van der Waals surface area contributed by atoms with E-state index in [0.29, 0.717) is 5.92 Å². The fourth-order valence-electron chi connectivity index (χ4n) is 1.84. The van der Waals surface area contributed by atoms with Crippen molar-refractivity contribution < 1.29 is 9.53 Å². The summed E-state index contributed by atoms with van der Waals surface area (Å²) in [6, 6.07) is 4.19. The Morgan fingerprint density at radius 2 is 2.38 bits per heavy atom. The van der Waals surface area contributed by atoms with Crippen LogP contribution < -0.4 is 5.32 Å². The van der Waals surface area contributed by atoms with Crippen LogP contribution in [0.5, 0.6) is 0 Å². The smallest absolute Gasteiger partial charge is 0.323 e. The SMILES string of the molecule is COC(=O)C(NC(C)c1cccs1)C1CC1. The Morgan fingerprint density at radius 3 is 2.88 bits per heavy atom. The second-order valence-electron chi connectivity index (χ2n) is 4.24. The monoisotopic (exact) mass is 239 g/mol. The molecule has 0 bridgehead atoms. The van der Waals surface area contributed by atoms with E-state index in [9.17, 15) is 4.79 Å². The van der Waals surface area contributed by atoms with Crippen LogP contribution in [0.4, 0.5) is 0 Å². The van der Waals surface area contributed by atoms with E-state index in [1.165, 1.54) is 12.0 Å². The van der Waals surface area contributed by atoms with E-state index in [0.717, 1.165) is 12.8 Å². The molecule has 1 fully saturated rings. The van der Waals surface area contributed by atoms with E-state index >= 15 is 0 Å². The van der Waals surface area contributed by atoms with Crippen molar-refractivity contribution in [3.05, 3.63) is 22.4 Å². The number of rotatable bonds is 5. The molecule has 2 atom stereocenters. The van der Waals surface area contributed by atoms with Gasteiger partial charge in [0, 0.05) is 10.9 Å². The third kappa shape index (κ3) is 2.62. The first kappa shape index (κ1) is 11.6. The van der Waals surface area contributed by atoms with Gasteiger partial charge in [-0.2, -0.15) is 0 Å². The van der Waals surface area contributed by atoms with Gasteiger partial charge in [-0.1, -0.05) is 6.07 Å². The molecule has 1 aromatic heterocycles. The van der Waals surface area contributed by atoms with E-state index < -0.39 is 0 Å². The first-order valence-electron chi connectivity index (χ1n) is 5.59. The van der Waals surface area contributed by atoms with Crippen molar-refractivity contribution in [2.75, 3.05) is 7.11 Å². The summed E-state index contributed by atoms with van der Waals surface area (Å²) in [5.41, 5.74) is 0. The molecule has 16 heavy (non-hydrogen) atoms. The topological polar surface area (TPSA) is 38.3 Å². The Labute approximate surface area is 99.8 Å². The zero-order valence-electron chi connectivity index (χ0n) is 9.60. The highest BCUT2D eigenvalue weighted by Crippen LogP contribution is 2.34. The normalized spacial score (nSPS) is 19.1. The van der Waals surface area contributed by atoms with E-state index in [1.54, 1.807) is 11.3 Å². The number of esters is 1. The summed E-state index contributed by atoms with van der Waals surface area (Å²) >= 11 is 1.71. The van der Waals surface area contributed by atoms with E-state index in [-0.39, 0.29) is 18.1 Å². The number of nitrogens with one attached hydrogen (secondary N) is 1. The summed E-state index contributed by atoms with van der Waals surface area (Å²) < 4.78 is 4.83. The van der Waals surface area contributed by atoms with Crippen LogP contribution in [0.3, 0.4) is 0 Å². The average molecular weight is 239 g/mol. The van der Waals surface area contributed by atoms with Gasteiger partial charge in [-0.25, -0.2) is 0 Å². The molecular weight excluding hydrogens is 222 g/mol. The molecule has 0 aliphatic heterocycles. The number of ether oxygens (including phenoxy) is 1. The first-order valence-corrected chi connectivity index (χ1v) is 6.47. The standard InChI is InChI=1S/C12H17NO2S/c1-8(10-4-3-7-16-10)13-11(9-5-6-9)12(14)15-2/h3-4,7-9,11,13H,5-6H2,1-2H3. The molecule has 2 rings (SSSR count). The summed E-state index contributed by atoms with van der Waals surface area (Å²) in [6.07, 6.45) is 2.26. The molecule has 1 aliphatic carbocycles. The maximum Gasteiger partial charge on any atom is 0.323 e. The molecule has 0 saturated heterocycles. The van der Waals surface area contributed by atoms with Crippen LogP contribution in [-0.2, 0) is 9.53 Å². The highest BCUT2D eigenvalue weighted by atomic mass is 32.1. The molecule has 88 valence electrons. The number of hydrogen-bond acceptors (Lipinski definition) is 4. The molecule has 2 unspecified atom stereocenters. The summed E-state index contributed by atoms with van der Waals surface area (Å²) in [5, 5.41) is 5.42. The first-order chi connectivity index (χ1) is 7.72. The van der Waals surface area contributed by atoms with Crippen molar-refractivity contribution in [2.45, 2.75) is 31.8 Å². The number of methoxy groups -OCH3 is 1. The predicted molar refractivity (Wildman–Crippen MR) is 64.4 cm³/mol. The van der Waals surface area contributed by atoms with Crippen LogP contribution in [0, 0.1) is 5.92 Å². The molecule has 1 saturated carbocycles. The Hall–Kier alpha value is -0.870. The van der Waals surface area contributed by atoms with Crippen molar-refractivity contribution in [1.29, 1.82) is 0 Å². The lowest BCUT2D eigenvalue weighted by Crippen LogP contribution is -2.40. The van der Waals surface area contributed by atoms with Crippen LogP contribution >= 0.6 is 11.3 Å². The van der Waals surface area contributed by atoms with Crippen molar-refractivity contribution in [1.82, 2.24) is 5.32 Å². The largest absolute Gasteiger partial charge is 0.468 e. The molecule has 1 N–H and O–H groups in total. The fourth-order valence-corrected chi connectivity index (χ4v) is 2.59. The molecule has 0 amide bonds. The van der Waals surface area contributed by atoms with Gasteiger partial charge in [-0.3, -0.25) is 10.1 Å². The Balaban J connectivity index is 1.97. The molecule has 4 heteroatoms. The maximum atomic E-state index is 11.6. The van der Waals surface area contributed by atoms with Crippen molar-refractivity contribution in [3.8, 4) is 0 Å². The average Bonchev–Trinajstić information content (AvgIpc) is 2.98. The van der Waals surface area contributed by atoms with Crippen molar-refractivity contribution >= 4 is 17.3 Å². The third-order valence-corrected chi connectivity index (χ3v) is 4.00. The van der Waals surface area contributed by atoms with Gasteiger partial charge in [0.25, 0.3) is 0 Å². The molecule has 3 nitrogen and oxygen atoms in total. The Bertz CT molecular complexity index is 346. The Kier molecular flexibility index (Phi) is 3.61. The minimum atomic E-state index is -0.137. The minimum absolute atomic E-state index is 0.133. The van der Waals surface area contributed by atoms with Crippen LogP contribution in [-0.4, -0.2) is 19.1 Å². The number of thiophene rings is 1. The lowest BCUT2D eigenvalue weighted by Gasteiger charge is -2.20. The molecule has 1 aromatic rings. The quantitative estimate of drug-likeness (QED) is 0.802. The van der Waals surface area contributed by atoms with Crippen LogP contribution in [0.1, 0.15) is 30.7 Å². The highest BCUT2D eigenvalue weighted by molar-refractivity contribution is 7.10. The summed E-state index contributed by atoms with van der Waals surface area (Å²) in [5.74, 6) is 0.334. The maximum absolute atomic E-state index is 11.6. The summed E-state index contributed by atoms with van der Waals surface area (Å²) in [7, 11) is 1.45. The second kappa shape index (κ2) is 4.97. The van der Waals surface area contributed by atoms with Crippen LogP contribution in [0.2, 0.25) is 0 Å². The fraction of sp³-hybridized carbons (Fsp3) is 0.583. The predicted octanol–water partition coefficient (Wildman–Crippen LogP) is 2.35. The van der Waals surface area contributed by atoms with Crippen molar-refractivity contribution in [3.63, 3.8) is 0 Å². The zero-order valence-corrected chi connectivity index (χ0v) is 10.4. The number of carbonyl (C=O) groups is 1.